The van der Waals surface area contributed by atoms with E-state index < -0.39 is 0 Å². The highest BCUT2D eigenvalue weighted by Crippen LogP contribution is 2.40. The van der Waals surface area contributed by atoms with Gasteiger partial charge in [0.1, 0.15) is 0 Å². The van der Waals surface area contributed by atoms with Crippen molar-refractivity contribution in [1.82, 2.24) is 0 Å². The monoisotopic (exact) mass is 272 g/mol. The number of rotatable bonds is 0. The van der Waals surface area contributed by atoms with Crippen molar-refractivity contribution in [3.8, 4) is 11.5 Å². The molecule has 0 fully saturated rings. The summed E-state index contributed by atoms with van der Waals surface area (Å²) in [4.78, 5) is 0. The highest BCUT2D eigenvalue weighted by atomic mass is 79.9. The van der Waals surface area contributed by atoms with E-state index >= 15 is 0 Å². The Morgan fingerprint density at radius 3 is 2.57 bits per heavy atom. The zero-order valence-electron chi connectivity index (χ0n) is 6.96. The van der Waals surface area contributed by atoms with Crippen molar-refractivity contribution >= 4 is 38.3 Å². The lowest BCUT2D eigenvalue weighted by atomic mass is 10.1. The van der Waals surface area contributed by atoms with Crippen LogP contribution in [0.15, 0.2) is 28.7 Å². The van der Waals surface area contributed by atoms with Gasteiger partial charge >= 0.3 is 0 Å². The molecule has 0 aliphatic heterocycles. The Labute approximate surface area is 93.9 Å². The minimum atomic E-state index is -0.167. The van der Waals surface area contributed by atoms with Crippen LogP contribution in [0, 0.1) is 0 Å². The van der Waals surface area contributed by atoms with Crippen LogP contribution >= 0.6 is 27.5 Å². The molecule has 2 rings (SSSR count). The van der Waals surface area contributed by atoms with E-state index in [4.69, 9.17) is 11.6 Å². The first-order valence-electron chi connectivity index (χ1n) is 3.89. The van der Waals surface area contributed by atoms with E-state index in [1.807, 2.05) is 0 Å². The molecule has 72 valence electrons. The first-order chi connectivity index (χ1) is 6.59. The lowest BCUT2D eigenvalue weighted by Gasteiger charge is -2.05. The Morgan fingerprint density at radius 1 is 1.14 bits per heavy atom. The average Bonchev–Trinajstić information content (AvgIpc) is 2.16. The second-order valence-corrected chi connectivity index (χ2v) is 4.15. The Morgan fingerprint density at radius 2 is 1.86 bits per heavy atom. The molecule has 0 atom stereocenters. The minimum absolute atomic E-state index is 0.147. The van der Waals surface area contributed by atoms with Crippen molar-refractivity contribution in [2.24, 2.45) is 0 Å². The molecule has 2 aromatic rings. The summed E-state index contributed by atoms with van der Waals surface area (Å²) in [6.07, 6.45) is 0. The predicted molar refractivity (Wildman–Crippen MR) is 60.0 cm³/mol. The molecule has 0 spiro atoms. The first kappa shape index (κ1) is 9.62. The molecule has 2 nitrogen and oxygen atoms in total. The van der Waals surface area contributed by atoms with Crippen molar-refractivity contribution in [1.29, 1.82) is 0 Å². The van der Waals surface area contributed by atoms with Gasteiger partial charge in [0.2, 0.25) is 0 Å². The van der Waals surface area contributed by atoms with Crippen LogP contribution in [0.1, 0.15) is 0 Å². The molecule has 0 radical (unpaired) electrons. The molecular formula is C10H6BrClO2. The van der Waals surface area contributed by atoms with Crippen molar-refractivity contribution in [2.75, 3.05) is 0 Å². The second kappa shape index (κ2) is 3.33. The van der Waals surface area contributed by atoms with Crippen molar-refractivity contribution < 1.29 is 10.2 Å². The molecule has 0 bridgehead atoms. The van der Waals surface area contributed by atoms with Gasteiger partial charge in [0.05, 0.1) is 4.47 Å². The fourth-order valence-electron chi connectivity index (χ4n) is 1.30. The summed E-state index contributed by atoms with van der Waals surface area (Å²) in [5.74, 6) is -0.313. The van der Waals surface area contributed by atoms with Gasteiger partial charge < -0.3 is 10.2 Å². The number of fused-ring (bicyclic) bond motifs is 1. The Bertz CT molecular complexity index is 511. The number of phenols is 2. The largest absolute Gasteiger partial charge is 0.504 e. The topological polar surface area (TPSA) is 40.5 Å². The Kier molecular flexibility index (Phi) is 2.29. The summed E-state index contributed by atoms with van der Waals surface area (Å²) >= 11 is 9.01. The number of phenolic OH excluding ortho intramolecular Hbond substituents is 2. The molecule has 0 aliphatic rings. The van der Waals surface area contributed by atoms with Crippen LogP contribution in [0.5, 0.6) is 11.5 Å². The summed E-state index contributed by atoms with van der Waals surface area (Å²) in [5.41, 5.74) is 0. The highest BCUT2D eigenvalue weighted by molar-refractivity contribution is 9.10. The molecule has 0 aliphatic carbocycles. The lowest BCUT2D eigenvalue weighted by molar-refractivity contribution is 0.402. The summed E-state index contributed by atoms with van der Waals surface area (Å²) in [7, 11) is 0. The fourth-order valence-corrected chi connectivity index (χ4v) is 2.02. The van der Waals surface area contributed by atoms with Crippen LogP contribution in [0.2, 0.25) is 5.02 Å². The van der Waals surface area contributed by atoms with Crippen LogP contribution in [0.4, 0.5) is 0 Å². The van der Waals surface area contributed by atoms with Crippen LogP contribution in [-0.4, -0.2) is 10.2 Å². The van der Waals surface area contributed by atoms with Crippen LogP contribution in [-0.2, 0) is 0 Å². The van der Waals surface area contributed by atoms with Gasteiger partial charge in [-0.3, -0.25) is 0 Å². The molecule has 0 heterocycles. The average molecular weight is 274 g/mol. The maximum Gasteiger partial charge on any atom is 0.172 e. The van der Waals surface area contributed by atoms with E-state index in [2.05, 4.69) is 15.9 Å². The normalized spacial score (nSPS) is 10.7. The summed E-state index contributed by atoms with van der Waals surface area (Å²) < 4.78 is 0.454. The second-order valence-electron chi connectivity index (χ2n) is 2.92. The molecule has 4 heteroatoms. The summed E-state index contributed by atoms with van der Waals surface area (Å²) in [5, 5.41) is 21.0. The number of hydrogen-bond acceptors (Lipinski definition) is 2. The molecule has 2 N–H and O–H groups in total. The number of benzene rings is 2. The van der Waals surface area contributed by atoms with Gasteiger partial charge in [-0.05, 0) is 39.5 Å². The van der Waals surface area contributed by atoms with Gasteiger partial charge in [-0.15, -0.1) is 0 Å². The summed E-state index contributed by atoms with van der Waals surface area (Å²) in [6, 6.07) is 6.72. The molecule has 14 heavy (non-hydrogen) atoms. The first-order valence-corrected chi connectivity index (χ1v) is 5.06. The predicted octanol–water partition coefficient (Wildman–Crippen LogP) is 3.67. The number of hydrogen-bond donors (Lipinski definition) is 2. The van der Waals surface area contributed by atoms with E-state index in [0.29, 0.717) is 9.50 Å². The lowest BCUT2D eigenvalue weighted by Crippen LogP contribution is -1.77. The van der Waals surface area contributed by atoms with Gasteiger partial charge in [0.15, 0.2) is 11.5 Å². The van der Waals surface area contributed by atoms with Gasteiger partial charge in [0, 0.05) is 10.4 Å². The van der Waals surface area contributed by atoms with E-state index in [0.717, 1.165) is 10.8 Å². The standard InChI is InChI=1S/C10H6BrClO2/c11-9-7-4-6(12)2-1-5(7)3-8(13)10(9)14/h1-4,13-14H. The van der Waals surface area contributed by atoms with Crippen LogP contribution in [0.3, 0.4) is 0 Å². The summed E-state index contributed by atoms with van der Waals surface area (Å²) in [6.45, 7) is 0. The quantitative estimate of drug-likeness (QED) is 0.719. The third kappa shape index (κ3) is 1.42. The minimum Gasteiger partial charge on any atom is -0.504 e. The van der Waals surface area contributed by atoms with Crippen LogP contribution in [0.25, 0.3) is 10.8 Å². The van der Waals surface area contributed by atoms with Gasteiger partial charge in [-0.1, -0.05) is 17.7 Å². The van der Waals surface area contributed by atoms with Crippen molar-refractivity contribution in [2.45, 2.75) is 0 Å². The molecule has 2 aromatic carbocycles. The van der Waals surface area contributed by atoms with Gasteiger partial charge in [-0.25, -0.2) is 0 Å². The van der Waals surface area contributed by atoms with Gasteiger partial charge in [0.25, 0.3) is 0 Å². The molecule has 0 aromatic heterocycles. The van der Waals surface area contributed by atoms with Crippen LogP contribution < -0.4 is 0 Å². The number of halogens is 2. The zero-order valence-corrected chi connectivity index (χ0v) is 9.30. The molecule has 0 amide bonds. The van der Waals surface area contributed by atoms with E-state index in [-0.39, 0.29) is 11.5 Å². The van der Waals surface area contributed by atoms with Crippen molar-refractivity contribution in [3.05, 3.63) is 33.8 Å². The zero-order chi connectivity index (χ0) is 10.3. The van der Waals surface area contributed by atoms with E-state index in [1.165, 1.54) is 6.07 Å². The molecule has 0 saturated heterocycles. The smallest absolute Gasteiger partial charge is 0.172 e. The van der Waals surface area contributed by atoms with Gasteiger partial charge in [-0.2, -0.15) is 0 Å². The molecular weight excluding hydrogens is 267 g/mol. The SMILES string of the molecule is Oc1cc2ccc(Cl)cc2c(Br)c1O. The molecule has 0 saturated carbocycles. The Balaban J connectivity index is 2.92. The molecule has 0 unspecified atom stereocenters. The Hall–Kier alpha value is -0.930. The maximum absolute atomic E-state index is 9.46. The van der Waals surface area contributed by atoms with E-state index in [1.54, 1.807) is 18.2 Å². The van der Waals surface area contributed by atoms with Crippen molar-refractivity contribution in [3.63, 3.8) is 0 Å². The fraction of sp³-hybridized carbons (Fsp3) is 0. The highest BCUT2D eigenvalue weighted by Gasteiger charge is 2.09. The number of aromatic hydroxyl groups is 2. The maximum atomic E-state index is 9.46. The third-order valence-corrected chi connectivity index (χ3v) is 3.03. The van der Waals surface area contributed by atoms with E-state index in [9.17, 15) is 10.2 Å². The third-order valence-electron chi connectivity index (χ3n) is 1.99.